The highest BCUT2D eigenvalue weighted by atomic mass is 32.1. The van der Waals surface area contributed by atoms with Gasteiger partial charge in [-0.15, -0.1) is 21.5 Å². The highest BCUT2D eigenvalue weighted by Gasteiger charge is 2.15. The predicted octanol–water partition coefficient (Wildman–Crippen LogP) is 1.79. The summed E-state index contributed by atoms with van der Waals surface area (Å²) in [5.41, 5.74) is 1.95. The summed E-state index contributed by atoms with van der Waals surface area (Å²) in [6.45, 7) is 3.06. The van der Waals surface area contributed by atoms with E-state index in [2.05, 4.69) is 42.7 Å². The number of tetrazole rings is 1. The number of hydrogen-bond donors (Lipinski definition) is 0. The molecule has 0 radical (unpaired) electrons. The van der Waals surface area contributed by atoms with Crippen LogP contribution in [0.5, 0.6) is 0 Å². The Labute approximate surface area is 141 Å². The summed E-state index contributed by atoms with van der Waals surface area (Å²) in [7, 11) is 0. The summed E-state index contributed by atoms with van der Waals surface area (Å²) in [5.74, 6) is 1.41. The molecule has 0 bridgehead atoms. The Hall–Kier alpha value is -2.94. The van der Waals surface area contributed by atoms with Crippen molar-refractivity contribution in [3.63, 3.8) is 0 Å². The fraction of sp³-hybridized carbons (Fsp3) is 0.200. The first-order chi connectivity index (χ1) is 11.8. The van der Waals surface area contributed by atoms with E-state index < -0.39 is 0 Å². The Kier molecular flexibility index (Phi) is 3.83. The molecule has 3 aromatic heterocycles. The first kappa shape index (κ1) is 14.6. The maximum atomic E-state index is 4.64. The third-order valence-electron chi connectivity index (χ3n) is 3.47. The van der Waals surface area contributed by atoms with Crippen LogP contribution in [-0.4, -0.2) is 40.0 Å². The van der Waals surface area contributed by atoms with Gasteiger partial charge in [-0.25, -0.2) is 19.3 Å². The minimum absolute atomic E-state index is 0.454. The van der Waals surface area contributed by atoms with E-state index >= 15 is 0 Å². The lowest BCUT2D eigenvalue weighted by Gasteiger charge is -2.05. The fourth-order valence-corrected chi connectivity index (χ4v) is 2.94. The Balaban J connectivity index is 1.70. The summed E-state index contributed by atoms with van der Waals surface area (Å²) < 4.78 is 3.50. The van der Waals surface area contributed by atoms with Gasteiger partial charge in [0.05, 0.1) is 11.6 Å². The van der Waals surface area contributed by atoms with E-state index in [-0.39, 0.29) is 0 Å². The molecule has 0 aliphatic carbocycles. The van der Waals surface area contributed by atoms with Gasteiger partial charge in [0.2, 0.25) is 5.82 Å². The van der Waals surface area contributed by atoms with Crippen LogP contribution in [0.4, 0.5) is 0 Å². The lowest BCUT2D eigenvalue weighted by molar-refractivity contribution is 0.567. The van der Waals surface area contributed by atoms with Gasteiger partial charge in [0, 0.05) is 5.38 Å². The molecule has 0 fully saturated rings. The number of benzene rings is 1. The van der Waals surface area contributed by atoms with Crippen molar-refractivity contribution >= 4 is 11.3 Å². The molecule has 24 heavy (non-hydrogen) atoms. The molecule has 4 aromatic rings. The molecule has 0 saturated heterocycles. The second kappa shape index (κ2) is 6.28. The number of rotatable bonds is 5. The number of aryl methyl sites for hydroxylation is 1. The third-order valence-corrected chi connectivity index (χ3v) is 4.24. The van der Waals surface area contributed by atoms with Crippen LogP contribution in [-0.2, 0) is 13.1 Å². The minimum atomic E-state index is 0.454. The lowest BCUT2D eigenvalue weighted by Crippen LogP contribution is -2.11. The van der Waals surface area contributed by atoms with Crippen LogP contribution < -0.4 is 0 Å². The van der Waals surface area contributed by atoms with E-state index in [0.717, 1.165) is 22.1 Å². The van der Waals surface area contributed by atoms with Crippen molar-refractivity contribution in [2.24, 2.45) is 0 Å². The van der Waals surface area contributed by atoms with Crippen molar-refractivity contribution in [1.82, 2.24) is 40.0 Å². The highest BCUT2D eigenvalue weighted by Crippen LogP contribution is 2.19. The largest absolute Gasteiger partial charge is 0.243 e. The molecule has 3 heterocycles. The van der Waals surface area contributed by atoms with Gasteiger partial charge in [-0.05, 0) is 22.9 Å². The normalized spacial score (nSPS) is 11.0. The molecule has 1 aromatic carbocycles. The van der Waals surface area contributed by atoms with Gasteiger partial charge in [0.25, 0.3) is 0 Å². The van der Waals surface area contributed by atoms with E-state index in [1.165, 1.54) is 0 Å². The van der Waals surface area contributed by atoms with Crippen molar-refractivity contribution in [2.45, 2.75) is 20.0 Å². The molecule has 120 valence electrons. The Morgan fingerprint density at radius 2 is 1.96 bits per heavy atom. The van der Waals surface area contributed by atoms with Crippen molar-refractivity contribution in [3.05, 3.63) is 58.4 Å². The molecule has 0 spiro atoms. The quantitative estimate of drug-likeness (QED) is 0.551. The van der Waals surface area contributed by atoms with Crippen molar-refractivity contribution in [3.8, 4) is 11.5 Å². The molecule has 0 aliphatic rings. The zero-order valence-electron chi connectivity index (χ0n) is 12.9. The zero-order chi connectivity index (χ0) is 16.4. The summed E-state index contributed by atoms with van der Waals surface area (Å²) in [6, 6.07) is 10.1. The van der Waals surface area contributed by atoms with Crippen molar-refractivity contribution in [2.75, 3.05) is 0 Å². The van der Waals surface area contributed by atoms with Crippen LogP contribution in [0.1, 0.15) is 16.4 Å². The summed E-state index contributed by atoms with van der Waals surface area (Å²) in [6.07, 6.45) is 1.56. The van der Waals surface area contributed by atoms with Crippen LogP contribution in [0.25, 0.3) is 11.5 Å². The fourth-order valence-electron chi connectivity index (χ4n) is 2.35. The maximum absolute atomic E-state index is 4.64. The second-order valence-electron chi connectivity index (χ2n) is 5.25. The third kappa shape index (κ3) is 3.06. The van der Waals surface area contributed by atoms with E-state index in [4.69, 9.17) is 0 Å². The maximum Gasteiger partial charge on any atom is 0.200 e. The molecule has 0 saturated carbocycles. The Morgan fingerprint density at radius 3 is 2.67 bits per heavy atom. The van der Waals surface area contributed by atoms with Crippen LogP contribution in [0.15, 0.2) is 42.0 Å². The standard InChI is InChI=1S/C15H14N8S/c1-11-17-13(9-24-11)15-18-14(8-22-10-16-20-21-22)23(19-15)7-12-5-3-2-4-6-12/h2-6,9-10H,7-8H2,1H3. The van der Waals surface area contributed by atoms with Crippen LogP contribution in [0.2, 0.25) is 0 Å². The average molecular weight is 338 g/mol. The van der Waals surface area contributed by atoms with E-state index in [1.807, 2.05) is 35.2 Å². The molecule has 0 aliphatic heterocycles. The van der Waals surface area contributed by atoms with Gasteiger partial charge in [-0.3, -0.25) is 0 Å². The second-order valence-corrected chi connectivity index (χ2v) is 6.32. The molecular weight excluding hydrogens is 324 g/mol. The van der Waals surface area contributed by atoms with Crippen LogP contribution >= 0.6 is 11.3 Å². The van der Waals surface area contributed by atoms with Gasteiger partial charge in [-0.1, -0.05) is 30.3 Å². The highest BCUT2D eigenvalue weighted by molar-refractivity contribution is 7.09. The summed E-state index contributed by atoms with van der Waals surface area (Å²) in [5, 5.41) is 18.8. The van der Waals surface area contributed by atoms with E-state index in [9.17, 15) is 0 Å². The lowest BCUT2D eigenvalue weighted by atomic mass is 10.2. The zero-order valence-corrected chi connectivity index (χ0v) is 13.8. The number of aromatic nitrogens is 8. The molecular formula is C15H14N8S. The topological polar surface area (TPSA) is 87.2 Å². The molecule has 0 amide bonds. The average Bonchev–Trinajstić information content (AvgIpc) is 3.32. The summed E-state index contributed by atoms with van der Waals surface area (Å²) >= 11 is 1.59. The number of thiazole rings is 1. The number of hydrogen-bond acceptors (Lipinski definition) is 7. The van der Waals surface area contributed by atoms with E-state index in [0.29, 0.717) is 18.9 Å². The van der Waals surface area contributed by atoms with Gasteiger partial charge >= 0.3 is 0 Å². The number of nitrogens with zero attached hydrogens (tertiary/aromatic N) is 8. The Morgan fingerprint density at radius 1 is 1.08 bits per heavy atom. The molecule has 0 unspecified atom stereocenters. The van der Waals surface area contributed by atoms with E-state index in [1.54, 1.807) is 22.3 Å². The van der Waals surface area contributed by atoms with Gasteiger partial charge in [-0.2, -0.15) is 0 Å². The first-order valence-electron chi connectivity index (χ1n) is 7.39. The molecule has 9 heteroatoms. The minimum Gasteiger partial charge on any atom is -0.243 e. The molecule has 0 N–H and O–H groups in total. The van der Waals surface area contributed by atoms with Gasteiger partial charge in [0.15, 0.2) is 0 Å². The van der Waals surface area contributed by atoms with Crippen LogP contribution in [0.3, 0.4) is 0 Å². The smallest absolute Gasteiger partial charge is 0.200 e. The SMILES string of the molecule is Cc1nc(-c2nc(Cn3cnnn3)n(Cc3ccccc3)n2)cs1. The monoisotopic (exact) mass is 338 g/mol. The first-order valence-corrected chi connectivity index (χ1v) is 8.27. The predicted molar refractivity (Wildman–Crippen MR) is 88.3 cm³/mol. The molecule has 8 nitrogen and oxygen atoms in total. The van der Waals surface area contributed by atoms with Crippen LogP contribution in [0, 0.1) is 6.92 Å². The van der Waals surface area contributed by atoms with Gasteiger partial charge in [0.1, 0.15) is 24.4 Å². The van der Waals surface area contributed by atoms with Gasteiger partial charge < -0.3 is 0 Å². The van der Waals surface area contributed by atoms with Crippen molar-refractivity contribution < 1.29 is 0 Å². The summed E-state index contributed by atoms with van der Waals surface area (Å²) in [4.78, 5) is 9.12. The van der Waals surface area contributed by atoms with Crippen molar-refractivity contribution in [1.29, 1.82) is 0 Å². The Bertz CT molecular complexity index is 926. The molecule has 4 rings (SSSR count). The molecule has 0 atom stereocenters.